The van der Waals surface area contributed by atoms with Gasteiger partial charge in [-0.2, -0.15) is 0 Å². The molecule has 0 bridgehead atoms. The van der Waals surface area contributed by atoms with Crippen LogP contribution in [0.3, 0.4) is 0 Å². The Balaban J connectivity index is 1.73. The van der Waals surface area contributed by atoms with Gasteiger partial charge in [0.1, 0.15) is 5.00 Å². The van der Waals surface area contributed by atoms with Gasteiger partial charge in [-0.3, -0.25) is 9.59 Å². The topological polar surface area (TPSA) is 81.4 Å². The van der Waals surface area contributed by atoms with Crippen LogP contribution in [0.4, 0.5) is 9.39 Å². The Bertz CT molecular complexity index is 804. The molecular formula is C18H19FN2O3S. The highest BCUT2D eigenvalue weighted by Gasteiger charge is 2.24. The van der Waals surface area contributed by atoms with Crippen LogP contribution >= 0.6 is 11.3 Å². The molecule has 0 fully saturated rings. The number of hydrogen-bond donors (Lipinski definition) is 2. The van der Waals surface area contributed by atoms with Gasteiger partial charge in [0.15, 0.2) is 18.2 Å². The largest absolute Gasteiger partial charge is 0.481 e. The number of ether oxygens (including phenoxy) is 1. The van der Waals surface area contributed by atoms with Crippen molar-refractivity contribution in [2.45, 2.75) is 32.1 Å². The molecule has 1 aromatic carbocycles. The molecule has 2 amide bonds. The standard InChI is InChI=1S/C18H19FN2O3S/c19-12-7-4-5-8-13(12)24-10-15(22)21-18-16(17(20)23)11-6-2-1-3-9-14(11)25-18/h4-5,7-8H,1-3,6,9-10H2,(H2,20,23)(H,21,22). The van der Waals surface area contributed by atoms with Gasteiger partial charge in [0.05, 0.1) is 5.56 Å². The van der Waals surface area contributed by atoms with Gasteiger partial charge >= 0.3 is 0 Å². The maximum Gasteiger partial charge on any atom is 0.262 e. The fraction of sp³-hybridized carbons (Fsp3) is 0.333. The van der Waals surface area contributed by atoms with Crippen LogP contribution in [0.15, 0.2) is 24.3 Å². The fourth-order valence-electron chi connectivity index (χ4n) is 2.96. The van der Waals surface area contributed by atoms with Gasteiger partial charge in [0.2, 0.25) is 0 Å². The zero-order valence-electron chi connectivity index (χ0n) is 13.6. The van der Waals surface area contributed by atoms with Crippen molar-refractivity contribution in [1.82, 2.24) is 0 Å². The summed E-state index contributed by atoms with van der Waals surface area (Å²) in [5, 5.41) is 3.15. The second-order valence-corrected chi connectivity index (χ2v) is 7.01. The molecule has 5 nitrogen and oxygen atoms in total. The number of carbonyl (C=O) groups excluding carboxylic acids is 2. The summed E-state index contributed by atoms with van der Waals surface area (Å²) in [6.45, 7) is -0.346. The minimum atomic E-state index is -0.537. The summed E-state index contributed by atoms with van der Waals surface area (Å²) in [5.74, 6) is -1.52. The number of rotatable bonds is 5. The number of aryl methyl sites for hydroxylation is 1. The summed E-state index contributed by atoms with van der Waals surface area (Å²) in [4.78, 5) is 25.1. The zero-order chi connectivity index (χ0) is 17.8. The number of halogens is 1. The first kappa shape index (κ1) is 17.4. The van der Waals surface area contributed by atoms with E-state index in [1.165, 1.54) is 23.5 Å². The van der Waals surface area contributed by atoms with Gasteiger partial charge < -0.3 is 15.8 Å². The predicted molar refractivity (Wildman–Crippen MR) is 94.6 cm³/mol. The average molecular weight is 362 g/mol. The van der Waals surface area contributed by atoms with E-state index in [2.05, 4.69) is 5.32 Å². The summed E-state index contributed by atoms with van der Waals surface area (Å²) in [5.41, 5.74) is 6.89. The molecular weight excluding hydrogens is 343 g/mol. The molecule has 1 heterocycles. The van der Waals surface area contributed by atoms with Gasteiger partial charge in [0, 0.05) is 4.88 Å². The summed E-state index contributed by atoms with van der Waals surface area (Å²) in [6.07, 6.45) is 4.88. The number of nitrogens with two attached hydrogens (primary N) is 1. The van der Waals surface area contributed by atoms with Crippen LogP contribution in [-0.2, 0) is 17.6 Å². The number of para-hydroxylation sites is 1. The lowest BCUT2D eigenvalue weighted by Crippen LogP contribution is -2.22. The molecule has 0 saturated heterocycles. The maximum absolute atomic E-state index is 13.5. The van der Waals surface area contributed by atoms with Crippen LogP contribution < -0.4 is 15.8 Å². The van der Waals surface area contributed by atoms with E-state index >= 15 is 0 Å². The lowest BCUT2D eigenvalue weighted by atomic mass is 10.1. The molecule has 132 valence electrons. The van der Waals surface area contributed by atoms with E-state index in [0.717, 1.165) is 42.5 Å². The lowest BCUT2D eigenvalue weighted by molar-refractivity contribution is -0.118. The minimum absolute atomic E-state index is 0.00902. The molecule has 2 aromatic rings. The first-order chi connectivity index (χ1) is 12.1. The van der Waals surface area contributed by atoms with Crippen molar-refractivity contribution < 1.29 is 18.7 Å². The minimum Gasteiger partial charge on any atom is -0.481 e. The molecule has 0 saturated carbocycles. The van der Waals surface area contributed by atoms with E-state index in [-0.39, 0.29) is 12.4 Å². The first-order valence-electron chi connectivity index (χ1n) is 8.17. The lowest BCUT2D eigenvalue weighted by Gasteiger charge is -2.08. The predicted octanol–water partition coefficient (Wildman–Crippen LogP) is 3.27. The number of amides is 2. The Labute approximate surface area is 149 Å². The van der Waals surface area contributed by atoms with Crippen molar-refractivity contribution in [1.29, 1.82) is 0 Å². The fourth-order valence-corrected chi connectivity index (χ4v) is 4.27. The number of hydrogen-bond acceptors (Lipinski definition) is 4. The quantitative estimate of drug-likeness (QED) is 0.801. The molecule has 3 N–H and O–H groups in total. The molecule has 0 radical (unpaired) electrons. The Morgan fingerprint density at radius 3 is 2.72 bits per heavy atom. The van der Waals surface area contributed by atoms with E-state index in [1.807, 2.05) is 0 Å². The van der Waals surface area contributed by atoms with Gasteiger partial charge in [-0.25, -0.2) is 4.39 Å². The van der Waals surface area contributed by atoms with Gasteiger partial charge in [-0.1, -0.05) is 18.6 Å². The van der Waals surface area contributed by atoms with E-state index in [1.54, 1.807) is 12.1 Å². The number of anilines is 1. The molecule has 0 atom stereocenters. The third-order valence-corrected chi connectivity index (χ3v) is 5.32. The summed E-state index contributed by atoms with van der Waals surface area (Å²) < 4.78 is 18.7. The van der Waals surface area contributed by atoms with E-state index < -0.39 is 17.6 Å². The van der Waals surface area contributed by atoms with Crippen LogP contribution in [0.5, 0.6) is 5.75 Å². The Morgan fingerprint density at radius 2 is 1.96 bits per heavy atom. The highest BCUT2D eigenvalue weighted by atomic mass is 32.1. The smallest absolute Gasteiger partial charge is 0.262 e. The van der Waals surface area contributed by atoms with Crippen LogP contribution in [-0.4, -0.2) is 18.4 Å². The van der Waals surface area contributed by atoms with Crippen molar-refractivity contribution in [2.24, 2.45) is 5.73 Å². The molecule has 0 spiro atoms. The van der Waals surface area contributed by atoms with Crippen molar-refractivity contribution in [3.05, 3.63) is 46.1 Å². The second-order valence-electron chi connectivity index (χ2n) is 5.90. The summed E-state index contributed by atoms with van der Waals surface area (Å²) in [6, 6.07) is 5.87. The van der Waals surface area contributed by atoms with E-state index in [4.69, 9.17) is 10.5 Å². The summed E-state index contributed by atoms with van der Waals surface area (Å²) in [7, 11) is 0. The number of primary amides is 1. The Kier molecular flexibility index (Phi) is 5.33. The average Bonchev–Trinajstić information content (AvgIpc) is 2.75. The van der Waals surface area contributed by atoms with Crippen molar-refractivity contribution in [3.8, 4) is 5.75 Å². The van der Waals surface area contributed by atoms with Gasteiger partial charge in [-0.05, 0) is 43.4 Å². The Morgan fingerprint density at radius 1 is 1.20 bits per heavy atom. The second kappa shape index (κ2) is 7.65. The van der Waals surface area contributed by atoms with E-state index in [9.17, 15) is 14.0 Å². The first-order valence-corrected chi connectivity index (χ1v) is 8.99. The van der Waals surface area contributed by atoms with Gasteiger partial charge in [0.25, 0.3) is 11.8 Å². The molecule has 0 aliphatic heterocycles. The number of nitrogens with one attached hydrogen (secondary N) is 1. The number of carbonyl (C=O) groups is 2. The van der Waals surface area contributed by atoms with Crippen molar-refractivity contribution in [2.75, 3.05) is 11.9 Å². The van der Waals surface area contributed by atoms with Crippen LogP contribution in [0.2, 0.25) is 0 Å². The number of fused-ring (bicyclic) bond motifs is 1. The molecule has 1 aliphatic carbocycles. The molecule has 1 aromatic heterocycles. The van der Waals surface area contributed by atoms with Crippen LogP contribution in [0.25, 0.3) is 0 Å². The molecule has 3 rings (SSSR count). The number of thiophene rings is 1. The molecule has 25 heavy (non-hydrogen) atoms. The SMILES string of the molecule is NC(=O)c1c(NC(=O)COc2ccccc2F)sc2c1CCCCC2. The molecule has 0 unspecified atom stereocenters. The summed E-state index contributed by atoms with van der Waals surface area (Å²) >= 11 is 1.39. The molecule has 1 aliphatic rings. The molecule has 7 heteroatoms. The normalized spacial score (nSPS) is 13.6. The van der Waals surface area contributed by atoms with Crippen molar-refractivity contribution >= 4 is 28.2 Å². The van der Waals surface area contributed by atoms with Crippen molar-refractivity contribution in [3.63, 3.8) is 0 Å². The van der Waals surface area contributed by atoms with Crippen LogP contribution in [0, 0.1) is 5.82 Å². The maximum atomic E-state index is 13.5. The Hall–Kier alpha value is -2.41. The van der Waals surface area contributed by atoms with Gasteiger partial charge in [-0.15, -0.1) is 11.3 Å². The third-order valence-electron chi connectivity index (χ3n) is 4.12. The monoisotopic (exact) mass is 362 g/mol. The zero-order valence-corrected chi connectivity index (χ0v) is 14.5. The third kappa shape index (κ3) is 3.99. The van der Waals surface area contributed by atoms with E-state index in [0.29, 0.717) is 10.6 Å². The highest BCUT2D eigenvalue weighted by Crippen LogP contribution is 2.37. The number of benzene rings is 1. The highest BCUT2D eigenvalue weighted by molar-refractivity contribution is 7.17. The van der Waals surface area contributed by atoms with Crippen LogP contribution in [0.1, 0.15) is 40.1 Å².